The SMILES string of the molecule is CCCC(CN(C)CC1CCN(C)C1)NC. The Bertz CT molecular complexity index is 178. The second-order valence-electron chi connectivity index (χ2n) is 5.41. The van der Waals surface area contributed by atoms with Gasteiger partial charge in [-0.3, -0.25) is 0 Å². The fourth-order valence-corrected chi connectivity index (χ4v) is 2.74. The predicted octanol–water partition coefficient (Wildman–Crippen LogP) is 1.26. The monoisotopic (exact) mass is 227 g/mol. The third kappa shape index (κ3) is 4.81. The van der Waals surface area contributed by atoms with E-state index in [-0.39, 0.29) is 0 Å². The molecule has 1 N–H and O–H groups in total. The van der Waals surface area contributed by atoms with E-state index in [2.05, 4.69) is 43.2 Å². The van der Waals surface area contributed by atoms with Gasteiger partial charge in [0, 0.05) is 25.7 Å². The van der Waals surface area contributed by atoms with Crippen LogP contribution in [-0.4, -0.2) is 63.2 Å². The van der Waals surface area contributed by atoms with Gasteiger partial charge in [-0.2, -0.15) is 0 Å². The first kappa shape index (κ1) is 13.9. The Morgan fingerprint density at radius 2 is 2.25 bits per heavy atom. The summed E-state index contributed by atoms with van der Waals surface area (Å²) in [7, 11) is 6.57. The number of likely N-dealkylation sites (N-methyl/N-ethyl adjacent to an activating group) is 2. The number of hydrogen-bond donors (Lipinski definition) is 1. The second kappa shape index (κ2) is 7.25. The number of nitrogens with zero attached hydrogens (tertiary/aromatic N) is 2. The molecule has 2 unspecified atom stereocenters. The van der Waals surface area contributed by atoms with Gasteiger partial charge < -0.3 is 15.1 Å². The summed E-state index contributed by atoms with van der Waals surface area (Å²) in [6.45, 7) is 7.26. The van der Waals surface area contributed by atoms with Gasteiger partial charge >= 0.3 is 0 Å². The molecular weight excluding hydrogens is 198 g/mol. The summed E-state index contributed by atoms with van der Waals surface area (Å²) in [5.74, 6) is 0.883. The van der Waals surface area contributed by atoms with E-state index < -0.39 is 0 Å². The first-order valence-electron chi connectivity index (χ1n) is 6.70. The van der Waals surface area contributed by atoms with Crippen molar-refractivity contribution in [2.24, 2.45) is 5.92 Å². The largest absolute Gasteiger partial charge is 0.316 e. The molecule has 1 aliphatic rings. The molecule has 0 aliphatic carbocycles. The van der Waals surface area contributed by atoms with Crippen LogP contribution in [0, 0.1) is 5.92 Å². The van der Waals surface area contributed by atoms with E-state index in [0.717, 1.165) is 5.92 Å². The van der Waals surface area contributed by atoms with Crippen molar-refractivity contribution in [3.8, 4) is 0 Å². The van der Waals surface area contributed by atoms with E-state index in [9.17, 15) is 0 Å². The average molecular weight is 227 g/mol. The number of likely N-dealkylation sites (tertiary alicyclic amines) is 1. The normalized spacial score (nSPS) is 24.2. The van der Waals surface area contributed by atoms with Crippen molar-refractivity contribution in [1.82, 2.24) is 15.1 Å². The molecule has 0 aromatic rings. The van der Waals surface area contributed by atoms with Crippen LogP contribution in [0.1, 0.15) is 26.2 Å². The molecule has 0 spiro atoms. The second-order valence-corrected chi connectivity index (χ2v) is 5.41. The summed E-state index contributed by atoms with van der Waals surface area (Å²) >= 11 is 0. The highest BCUT2D eigenvalue weighted by atomic mass is 15.2. The molecule has 0 radical (unpaired) electrons. The number of nitrogens with one attached hydrogen (secondary N) is 1. The van der Waals surface area contributed by atoms with Crippen LogP contribution in [0.5, 0.6) is 0 Å². The van der Waals surface area contributed by atoms with E-state index in [4.69, 9.17) is 0 Å². The summed E-state index contributed by atoms with van der Waals surface area (Å²) in [5, 5.41) is 3.42. The van der Waals surface area contributed by atoms with Gasteiger partial charge in [0.15, 0.2) is 0 Å². The summed E-state index contributed by atoms with van der Waals surface area (Å²) in [4.78, 5) is 4.95. The van der Waals surface area contributed by atoms with E-state index in [1.807, 2.05) is 0 Å². The zero-order chi connectivity index (χ0) is 12.0. The zero-order valence-corrected chi connectivity index (χ0v) is 11.5. The van der Waals surface area contributed by atoms with Crippen LogP contribution in [0.15, 0.2) is 0 Å². The lowest BCUT2D eigenvalue weighted by atomic mass is 10.1. The summed E-state index contributed by atoms with van der Waals surface area (Å²) < 4.78 is 0. The maximum atomic E-state index is 3.42. The lowest BCUT2D eigenvalue weighted by Crippen LogP contribution is -2.39. The first-order chi connectivity index (χ1) is 7.65. The quantitative estimate of drug-likeness (QED) is 0.706. The van der Waals surface area contributed by atoms with Gasteiger partial charge in [0.2, 0.25) is 0 Å². The minimum atomic E-state index is 0.661. The van der Waals surface area contributed by atoms with Gasteiger partial charge in [0.1, 0.15) is 0 Å². The molecule has 0 aromatic carbocycles. The topological polar surface area (TPSA) is 18.5 Å². The van der Waals surface area contributed by atoms with Crippen LogP contribution in [0.3, 0.4) is 0 Å². The fraction of sp³-hybridized carbons (Fsp3) is 1.00. The Balaban J connectivity index is 2.21. The first-order valence-corrected chi connectivity index (χ1v) is 6.70. The molecule has 1 heterocycles. The Hall–Kier alpha value is -0.120. The molecule has 1 saturated heterocycles. The predicted molar refractivity (Wildman–Crippen MR) is 70.9 cm³/mol. The van der Waals surface area contributed by atoms with Crippen LogP contribution in [-0.2, 0) is 0 Å². The highest BCUT2D eigenvalue weighted by Gasteiger charge is 2.21. The van der Waals surface area contributed by atoms with Crippen molar-refractivity contribution in [3.63, 3.8) is 0 Å². The maximum absolute atomic E-state index is 3.42. The molecule has 0 amide bonds. The highest BCUT2D eigenvalue weighted by Crippen LogP contribution is 2.15. The fourth-order valence-electron chi connectivity index (χ4n) is 2.74. The molecule has 3 nitrogen and oxygen atoms in total. The molecule has 1 rings (SSSR count). The number of rotatable bonds is 7. The molecular formula is C13H29N3. The van der Waals surface area contributed by atoms with Gasteiger partial charge in [0.05, 0.1) is 0 Å². The van der Waals surface area contributed by atoms with E-state index in [1.54, 1.807) is 0 Å². The minimum absolute atomic E-state index is 0.661. The Morgan fingerprint density at radius 3 is 2.75 bits per heavy atom. The summed E-state index contributed by atoms with van der Waals surface area (Å²) in [5.41, 5.74) is 0. The molecule has 3 heteroatoms. The molecule has 1 fully saturated rings. The Kier molecular flexibility index (Phi) is 6.32. The van der Waals surface area contributed by atoms with Crippen molar-refractivity contribution in [1.29, 1.82) is 0 Å². The van der Waals surface area contributed by atoms with Crippen molar-refractivity contribution in [2.75, 3.05) is 47.3 Å². The number of hydrogen-bond acceptors (Lipinski definition) is 3. The van der Waals surface area contributed by atoms with Crippen molar-refractivity contribution >= 4 is 0 Å². The molecule has 96 valence electrons. The van der Waals surface area contributed by atoms with Crippen LogP contribution in [0.2, 0.25) is 0 Å². The zero-order valence-electron chi connectivity index (χ0n) is 11.5. The molecule has 2 atom stereocenters. The molecule has 16 heavy (non-hydrogen) atoms. The van der Waals surface area contributed by atoms with Gasteiger partial charge in [-0.1, -0.05) is 13.3 Å². The molecule has 0 bridgehead atoms. The van der Waals surface area contributed by atoms with Crippen molar-refractivity contribution < 1.29 is 0 Å². The van der Waals surface area contributed by atoms with Crippen LogP contribution in [0.25, 0.3) is 0 Å². The lowest BCUT2D eigenvalue weighted by Gasteiger charge is -2.25. The van der Waals surface area contributed by atoms with Gasteiger partial charge in [-0.05, 0) is 46.4 Å². The third-order valence-corrected chi connectivity index (χ3v) is 3.64. The average Bonchev–Trinajstić information content (AvgIpc) is 2.63. The Morgan fingerprint density at radius 1 is 1.50 bits per heavy atom. The Labute approximate surface area is 101 Å². The van der Waals surface area contributed by atoms with E-state index in [1.165, 1.54) is 45.4 Å². The van der Waals surface area contributed by atoms with Gasteiger partial charge in [0.25, 0.3) is 0 Å². The lowest BCUT2D eigenvalue weighted by molar-refractivity contribution is 0.245. The molecule has 0 aromatic heterocycles. The van der Waals surface area contributed by atoms with Crippen molar-refractivity contribution in [3.05, 3.63) is 0 Å². The highest BCUT2D eigenvalue weighted by molar-refractivity contribution is 4.77. The molecule has 1 aliphatic heterocycles. The third-order valence-electron chi connectivity index (χ3n) is 3.64. The summed E-state index contributed by atoms with van der Waals surface area (Å²) in [6.07, 6.45) is 3.93. The van der Waals surface area contributed by atoms with Crippen LogP contribution < -0.4 is 5.32 Å². The van der Waals surface area contributed by atoms with Gasteiger partial charge in [-0.25, -0.2) is 0 Å². The summed E-state index contributed by atoms with van der Waals surface area (Å²) in [6, 6.07) is 0.661. The van der Waals surface area contributed by atoms with Gasteiger partial charge in [-0.15, -0.1) is 0 Å². The van der Waals surface area contributed by atoms with Crippen molar-refractivity contribution in [2.45, 2.75) is 32.2 Å². The maximum Gasteiger partial charge on any atom is 0.0191 e. The van der Waals surface area contributed by atoms with E-state index >= 15 is 0 Å². The van der Waals surface area contributed by atoms with Crippen LogP contribution >= 0.6 is 0 Å². The van der Waals surface area contributed by atoms with Crippen LogP contribution in [0.4, 0.5) is 0 Å². The standard InChI is InChI=1S/C13H29N3/c1-5-6-13(14-2)11-16(4)10-12-7-8-15(3)9-12/h12-14H,5-11H2,1-4H3. The van der Waals surface area contributed by atoms with E-state index in [0.29, 0.717) is 6.04 Å². The minimum Gasteiger partial charge on any atom is -0.316 e. The smallest absolute Gasteiger partial charge is 0.0191 e. The molecule has 0 saturated carbocycles.